The maximum Gasteiger partial charge on any atom is 0.447 e. The molecular weight excluding hydrogens is 372 g/mol. The Balaban J connectivity index is 4.08. The average Bonchev–Trinajstić information content (AvgIpc) is 2.60. The highest BCUT2D eigenvalue weighted by Gasteiger charge is 2.19. The number of oxime groups is 1. The zero-order valence-corrected chi connectivity index (χ0v) is 17.7. The zero-order chi connectivity index (χ0) is 20.7. The summed E-state index contributed by atoms with van der Waals surface area (Å²) >= 11 is 0.831. The van der Waals surface area contributed by atoms with Crippen molar-refractivity contribution in [1.82, 2.24) is 13.9 Å². The molecule has 0 rings (SSSR count). The second kappa shape index (κ2) is 14.1. The third kappa shape index (κ3) is 12.9. The summed E-state index contributed by atoms with van der Waals surface area (Å²) in [6.07, 6.45) is 7.15. The van der Waals surface area contributed by atoms with Crippen molar-refractivity contribution in [3.8, 4) is 0 Å². The zero-order valence-electron chi connectivity index (χ0n) is 16.9. The van der Waals surface area contributed by atoms with Crippen LogP contribution in [-0.4, -0.2) is 59.7 Å². The first-order chi connectivity index (χ1) is 12.7. The summed E-state index contributed by atoms with van der Waals surface area (Å²) in [6.45, 7) is 5.89. The predicted octanol–water partition coefficient (Wildman–Crippen LogP) is 3.56. The molecule has 0 heterocycles. The lowest BCUT2D eigenvalue weighted by Crippen LogP contribution is -2.40. The smallest absolute Gasteiger partial charge is 0.447 e. The van der Waals surface area contributed by atoms with E-state index in [2.05, 4.69) is 17.4 Å². The molecule has 0 aromatic carbocycles. The van der Waals surface area contributed by atoms with E-state index in [1.54, 1.807) is 13.8 Å². The van der Waals surface area contributed by atoms with Crippen molar-refractivity contribution in [3.63, 3.8) is 0 Å². The van der Waals surface area contributed by atoms with Gasteiger partial charge in [-0.3, -0.25) is 9.63 Å². The van der Waals surface area contributed by atoms with Crippen LogP contribution in [0.3, 0.4) is 0 Å². The van der Waals surface area contributed by atoms with Gasteiger partial charge in [-0.05, 0) is 20.3 Å². The first-order valence-electron chi connectivity index (χ1n) is 9.02. The van der Waals surface area contributed by atoms with Crippen LogP contribution in [0.4, 0.5) is 9.59 Å². The molecule has 0 radical (unpaired) electrons. The standard InChI is InChI=1S/C17H32N4O5S/c1-6-7-8-9-10-11-12-25-15(23)20(4)27-21(5)16(24)26-19-13-17(2,3)18-14-22/h13-14H,6-12H2,1-5H3,(H,18,22). The van der Waals surface area contributed by atoms with Crippen molar-refractivity contribution in [1.29, 1.82) is 0 Å². The summed E-state index contributed by atoms with van der Waals surface area (Å²) in [5.41, 5.74) is -0.745. The van der Waals surface area contributed by atoms with Crippen LogP contribution in [0.1, 0.15) is 59.3 Å². The monoisotopic (exact) mass is 404 g/mol. The number of nitrogens with one attached hydrogen (secondary N) is 1. The number of carbonyl (C=O) groups excluding carboxylic acids is 3. The first kappa shape index (κ1) is 25.0. The van der Waals surface area contributed by atoms with E-state index in [0.29, 0.717) is 13.0 Å². The number of carbonyl (C=O) groups is 3. The van der Waals surface area contributed by atoms with Crippen LogP contribution in [0.25, 0.3) is 0 Å². The minimum atomic E-state index is -0.770. The Labute approximate surface area is 166 Å². The molecule has 0 saturated heterocycles. The number of nitrogens with zero attached hydrogens (tertiary/aromatic N) is 3. The van der Waals surface area contributed by atoms with E-state index in [4.69, 9.17) is 9.57 Å². The number of rotatable bonds is 13. The molecule has 0 saturated carbocycles. The SMILES string of the molecule is CCCCCCCCOC(=O)N(C)SN(C)C(=O)ON=CC(C)(C)NC=O. The average molecular weight is 405 g/mol. The summed E-state index contributed by atoms with van der Waals surface area (Å²) in [7, 11) is 2.94. The summed E-state index contributed by atoms with van der Waals surface area (Å²) in [5, 5.41) is 6.04. The molecule has 0 spiro atoms. The summed E-state index contributed by atoms with van der Waals surface area (Å²) in [4.78, 5) is 38.9. The van der Waals surface area contributed by atoms with E-state index in [9.17, 15) is 14.4 Å². The van der Waals surface area contributed by atoms with Crippen LogP contribution in [0.5, 0.6) is 0 Å². The van der Waals surface area contributed by atoms with Crippen molar-refractivity contribution in [2.75, 3.05) is 20.7 Å². The van der Waals surface area contributed by atoms with Crippen LogP contribution < -0.4 is 5.32 Å². The lowest BCUT2D eigenvalue weighted by Gasteiger charge is -2.21. The van der Waals surface area contributed by atoms with Crippen molar-refractivity contribution in [2.24, 2.45) is 5.16 Å². The van der Waals surface area contributed by atoms with Crippen LogP contribution in [0, 0.1) is 0 Å². The highest BCUT2D eigenvalue weighted by molar-refractivity contribution is 7.95. The number of hydrogen-bond acceptors (Lipinski definition) is 7. The Hall–Kier alpha value is -1.97. The van der Waals surface area contributed by atoms with Gasteiger partial charge in [0.15, 0.2) is 0 Å². The van der Waals surface area contributed by atoms with Gasteiger partial charge in [0, 0.05) is 14.1 Å². The Morgan fingerprint density at radius 3 is 2.30 bits per heavy atom. The van der Waals surface area contributed by atoms with Crippen LogP contribution in [0.15, 0.2) is 5.16 Å². The minimum absolute atomic E-state index is 0.354. The molecule has 0 atom stereocenters. The Kier molecular flexibility index (Phi) is 13.1. The molecule has 0 aliphatic heterocycles. The second-order valence-electron chi connectivity index (χ2n) is 6.53. The van der Waals surface area contributed by atoms with Crippen molar-refractivity contribution < 1.29 is 24.0 Å². The highest BCUT2D eigenvalue weighted by atomic mass is 32.2. The molecule has 0 unspecified atom stereocenters. The van der Waals surface area contributed by atoms with Gasteiger partial charge in [0.25, 0.3) is 0 Å². The topological polar surface area (TPSA) is 101 Å². The van der Waals surface area contributed by atoms with E-state index in [0.717, 1.165) is 35.7 Å². The van der Waals surface area contributed by atoms with Gasteiger partial charge in [0.05, 0.1) is 30.5 Å². The number of unbranched alkanes of at least 4 members (excludes halogenated alkanes) is 5. The molecule has 27 heavy (non-hydrogen) atoms. The van der Waals surface area contributed by atoms with Crippen molar-refractivity contribution in [2.45, 2.75) is 64.8 Å². The Bertz CT molecular complexity index is 488. The molecular formula is C17H32N4O5S. The first-order valence-corrected chi connectivity index (χ1v) is 9.75. The van der Waals surface area contributed by atoms with Gasteiger partial charge >= 0.3 is 12.2 Å². The van der Waals surface area contributed by atoms with Gasteiger partial charge < -0.3 is 10.1 Å². The third-order valence-corrected chi connectivity index (χ3v) is 4.21. The van der Waals surface area contributed by atoms with E-state index >= 15 is 0 Å². The van der Waals surface area contributed by atoms with E-state index < -0.39 is 17.7 Å². The van der Waals surface area contributed by atoms with Crippen LogP contribution >= 0.6 is 12.1 Å². The number of hydrogen-bond donors (Lipinski definition) is 1. The van der Waals surface area contributed by atoms with E-state index in [1.807, 2.05) is 0 Å². The number of amides is 3. The van der Waals surface area contributed by atoms with Crippen LogP contribution in [0.2, 0.25) is 0 Å². The van der Waals surface area contributed by atoms with Gasteiger partial charge in [-0.2, -0.15) is 0 Å². The van der Waals surface area contributed by atoms with Gasteiger partial charge in [0.1, 0.15) is 0 Å². The normalized spacial score (nSPS) is 11.1. The molecule has 0 aromatic rings. The lowest BCUT2D eigenvalue weighted by atomic mass is 10.1. The fraction of sp³-hybridized carbons (Fsp3) is 0.765. The molecule has 0 aliphatic carbocycles. The second-order valence-corrected chi connectivity index (χ2v) is 7.79. The summed E-state index contributed by atoms with van der Waals surface area (Å²) in [5.74, 6) is 0. The summed E-state index contributed by atoms with van der Waals surface area (Å²) in [6, 6.07) is 0. The van der Waals surface area contributed by atoms with Gasteiger partial charge in [0.2, 0.25) is 6.41 Å². The minimum Gasteiger partial charge on any atom is -0.449 e. The molecule has 0 fully saturated rings. The Morgan fingerprint density at radius 2 is 1.67 bits per heavy atom. The maximum absolute atomic E-state index is 11.9. The van der Waals surface area contributed by atoms with E-state index in [1.165, 1.54) is 43.9 Å². The van der Waals surface area contributed by atoms with Gasteiger partial charge in [-0.15, -0.1) is 0 Å². The number of ether oxygens (including phenoxy) is 1. The molecule has 156 valence electrons. The largest absolute Gasteiger partial charge is 0.449 e. The molecule has 1 N–H and O–H groups in total. The summed E-state index contributed by atoms with van der Waals surface area (Å²) < 4.78 is 7.46. The lowest BCUT2D eigenvalue weighted by molar-refractivity contribution is -0.110. The highest BCUT2D eigenvalue weighted by Crippen LogP contribution is 2.15. The van der Waals surface area contributed by atoms with Crippen molar-refractivity contribution in [3.05, 3.63) is 0 Å². The molecule has 9 nitrogen and oxygen atoms in total. The predicted molar refractivity (Wildman–Crippen MR) is 106 cm³/mol. The van der Waals surface area contributed by atoms with Gasteiger partial charge in [-0.1, -0.05) is 44.2 Å². The van der Waals surface area contributed by atoms with Crippen LogP contribution in [-0.2, 0) is 14.4 Å². The molecule has 0 aromatic heterocycles. The quantitative estimate of drug-likeness (QED) is 0.126. The molecule has 10 heteroatoms. The van der Waals surface area contributed by atoms with E-state index in [-0.39, 0.29) is 0 Å². The van der Waals surface area contributed by atoms with Gasteiger partial charge in [-0.25, -0.2) is 18.2 Å². The maximum atomic E-state index is 11.9. The molecule has 0 bridgehead atoms. The molecule has 3 amide bonds. The fourth-order valence-electron chi connectivity index (χ4n) is 1.83. The Morgan fingerprint density at radius 1 is 1.07 bits per heavy atom. The third-order valence-electron chi connectivity index (χ3n) is 3.42. The fourth-order valence-corrected chi connectivity index (χ4v) is 2.42. The van der Waals surface area contributed by atoms with Crippen molar-refractivity contribution >= 4 is 36.9 Å². The molecule has 0 aliphatic rings.